The Hall–Kier alpha value is -1.01. The lowest BCUT2D eigenvalue weighted by Gasteiger charge is -2.46. The zero-order valence-electron chi connectivity index (χ0n) is 45.2. The van der Waals surface area contributed by atoms with Crippen LogP contribution in [-0.2, 0) is 23.7 Å². The van der Waals surface area contributed by atoms with Gasteiger partial charge in [-0.25, -0.2) is 0 Å². The van der Waals surface area contributed by atoms with E-state index in [1.807, 2.05) is 0 Å². The Bertz CT molecular complexity index is 1200. The highest BCUT2D eigenvalue weighted by molar-refractivity contribution is 5.76. The second-order valence-corrected chi connectivity index (χ2v) is 21.5. The molecule has 2 aliphatic heterocycles. The van der Waals surface area contributed by atoms with Crippen LogP contribution < -0.4 is 5.32 Å². The Morgan fingerprint density at radius 1 is 0.451 bits per heavy atom. The van der Waals surface area contributed by atoms with E-state index in [2.05, 4.69) is 19.2 Å². The molecule has 14 heteroatoms. The summed E-state index contributed by atoms with van der Waals surface area (Å²) in [6.07, 6.45) is 31.0. The quantitative estimate of drug-likeness (QED) is 0.0259. The van der Waals surface area contributed by atoms with E-state index in [1.54, 1.807) is 0 Å². The van der Waals surface area contributed by atoms with Crippen LogP contribution in [0, 0.1) is 0 Å². The molecule has 2 fully saturated rings. The van der Waals surface area contributed by atoms with Gasteiger partial charge in [-0.3, -0.25) is 4.79 Å². The average molecular weight is 1020 g/mol. The van der Waals surface area contributed by atoms with E-state index in [4.69, 9.17) is 18.9 Å². The number of ether oxygens (including phenoxy) is 4. The first-order valence-corrected chi connectivity index (χ1v) is 29.8. The minimum atomic E-state index is -1.78. The number of carbonyl (C=O) groups excluding carboxylic acids is 1. The maximum Gasteiger partial charge on any atom is 0.220 e. The van der Waals surface area contributed by atoms with Gasteiger partial charge in [0.2, 0.25) is 5.91 Å². The molecule has 2 rings (SSSR count). The minimum absolute atomic E-state index is 0.200. The van der Waals surface area contributed by atoms with Crippen LogP contribution >= 0.6 is 0 Å². The molecule has 12 unspecified atom stereocenters. The number of nitrogens with one attached hydrogen (secondary N) is 1. The summed E-state index contributed by atoms with van der Waals surface area (Å²) in [6.45, 7) is 2.90. The van der Waals surface area contributed by atoms with Crippen LogP contribution in [0.4, 0.5) is 0 Å². The molecule has 0 radical (unpaired) electrons. The number of aliphatic hydroxyl groups excluding tert-OH is 8. The Labute approximate surface area is 432 Å². The van der Waals surface area contributed by atoms with Gasteiger partial charge in [0.15, 0.2) is 12.6 Å². The maximum absolute atomic E-state index is 13.3. The van der Waals surface area contributed by atoms with E-state index in [-0.39, 0.29) is 12.5 Å². The Balaban J connectivity index is 1.75. The first-order valence-electron chi connectivity index (χ1n) is 29.8. The number of hydrogen-bond acceptors (Lipinski definition) is 13. The van der Waals surface area contributed by atoms with Gasteiger partial charge in [0.1, 0.15) is 48.8 Å². The summed E-state index contributed by atoms with van der Waals surface area (Å²) in [4.78, 5) is 13.3. The van der Waals surface area contributed by atoms with Crippen molar-refractivity contribution >= 4 is 5.91 Å². The van der Waals surface area contributed by atoms with Crippen LogP contribution in [0.3, 0.4) is 0 Å². The number of carbonyl (C=O) groups is 1. The van der Waals surface area contributed by atoms with Crippen LogP contribution in [0.2, 0.25) is 0 Å². The van der Waals surface area contributed by atoms with Crippen LogP contribution in [0.25, 0.3) is 0 Å². The molecule has 1 amide bonds. The number of hydrogen-bond donors (Lipinski definition) is 9. The highest BCUT2D eigenvalue weighted by atomic mass is 16.7. The number of rotatable bonds is 48. The molecule has 9 N–H and O–H groups in total. The molecule has 71 heavy (non-hydrogen) atoms. The molecular formula is C57H111NO13. The second kappa shape index (κ2) is 44.2. The SMILES string of the molecule is CCCCCCCCCCCCCCCCCCCCCCC(=O)NC(COC1OC(CO)C(OC2OC(CO)C(O)C(O)C2O)C(O)C1O)C(O)CCCCCCCCCCCCCCCCCCC. The van der Waals surface area contributed by atoms with Gasteiger partial charge in [0, 0.05) is 6.42 Å². The average Bonchev–Trinajstić information content (AvgIpc) is 3.37. The third kappa shape index (κ3) is 30.4. The van der Waals surface area contributed by atoms with Gasteiger partial charge in [-0.15, -0.1) is 0 Å². The molecule has 14 nitrogen and oxygen atoms in total. The molecule has 0 aromatic heterocycles. The van der Waals surface area contributed by atoms with E-state index in [0.29, 0.717) is 12.8 Å². The molecule has 0 spiro atoms. The molecule has 2 aliphatic rings. The van der Waals surface area contributed by atoms with Gasteiger partial charge in [-0.2, -0.15) is 0 Å². The molecule has 2 heterocycles. The molecular weight excluding hydrogens is 907 g/mol. The molecule has 0 aromatic carbocycles. The number of unbranched alkanes of at least 4 members (excludes halogenated alkanes) is 35. The minimum Gasteiger partial charge on any atom is -0.394 e. The van der Waals surface area contributed by atoms with Crippen molar-refractivity contribution < 1.29 is 64.6 Å². The number of aliphatic hydroxyl groups is 8. The molecule has 0 aliphatic carbocycles. The van der Waals surface area contributed by atoms with E-state index < -0.39 is 86.8 Å². The van der Waals surface area contributed by atoms with Crippen molar-refractivity contribution in [2.75, 3.05) is 19.8 Å². The zero-order valence-corrected chi connectivity index (χ0v) is 45.2. The summed E-state index contributed by atoms with van der Waals surface area (Å²) >= 11 is 0. The van der Waals surface area contributed by atoms with E-state index in [0.717, 1.165) is 51.4 Å². The predicted molar refractivity (Wildman–Crippen MR) is 282 cm³/mol. The standard InChI is InChI=1S/C57H111NO13/c1-3-5-7-9-11-13-15-17-19-21-22-23-25-27-29-31-33-35-37-39-41-49(62)58-45(46(61)40-38-36-34-32-30-28-26-24-20-18-16-14-12-10-8-6-4-2)44-68-56-54(67)52(65)55(48(43-60)70-56)71-57-53(66)51(64)50(63)47(42-59)69-57/h45-48,50-57,59-61,63-67H,3-44H2,1-2H3,(H,58,62). The van der Waals surface area contributed by atoms with Crippen molar-refractivity contribution in [2.45, 2.75) is 338 Å². The van der Waals surface area contributed by atoms with Gasteiger partial charge in [0.05, 0.1) is 32.0 Å². The van der Waals surface area contributed by atoms with Gasteiger partial charge in [0.25, 0.3) is 0 Å². The fourth-order valence-corrected chi connectivity index (χ4v) is 10.2. The van der Waals surface area contributed by atoms with Crippen LogP contribution in [0.15, 0.2) is 0 Å². The summed E-state index contributed by atoms with van der Waals surface area (Å²) in [6, 6.07) is -0.822. The Kier molecular flexibility index (Phi) is 41.1. The van der Waals surface area contributed by atoms with Gasteiger partial charge in [-0.05, 0) is 12.8 Å². The summed E-state index contributed by atoms with van der Waals surface area (Å²) < 4.78 is 22.8. The van der Waals surface area contributed by atoms with Crippen molar-refractivity contribution in [2.24, 2.45) is 0 Å². The fraction of sp³-hybridized carbons (Fsp3) is 0.982. The monoisotopic (exact) mass is 1020 g/mol. The van der Waals surface area contributed by atoms with Gasteiger partial charge >= 0.3 is 0 Å². The van der Waals surface area contributed by atoms with Crippen molar-refractivity contribution in [1.82, 2.24) is 5.32 Å². The molecule has 0 aromatic rings. The molecule has 0 bridgehead atoms. The van der Waals surface area contributed by atoms with Crippen molar-refractivity contribution in [3.05, 3.63) is 0 Å². The summed E-state index contributed by atoms with van der Waals surface area (Å²) in [5.41, 5.74) is 0. The predicted octanol–water partition coefficient (Wildman–Crippen LogP) is 9.73. The van der Waals surface area contributed by atoms with E-state index in [1.165, 1.54) is 186 Å². The van der Waals surface area contributed by atoms with Crippen molar-refractivity contribution in [1.29, 1.82) is 0 Å². The molecule has 12 atom stereocenters. The molecule has 0 saturated carbocycles. The first-order chi connectivity index (χ1) is 34.6. The highest BCUT2D eigenvalue weighted by Gasteiger charge is 2.51. The summed E-state index contributed by atoms with van der Waals surface area (Å²) in [7, 11) is 0. The summed E-state index contributed by atoms with van der Waals surface area (Å²) in [5, 5.41) is 87.2. The van der Waals surface area contributed by atoms with Crippen LogP contribution in [0.1, 0.15) is 264 Å². The Morgan fingerprint density at radius 2 is 0.803 bits per heavy atom. The van der Waals surface area contributed by atoms with Crippen LogP contribution in [0.5, 0.6) is 0 Å². The molecule has 422 valence electrons. The zero-order chi connectivity index (χ0) is 51.7. The Morgan fingerprint density at radius 3 is 1.20 bits per heavy atom. The normalized spacial score (nSPS) is 25.7. The summed E-state index contributed by atoms with van der Waals surface area (Å²) in [5.74, 6) is -0.200. The largest absolute Gasteiger partial charge is 0.394 e. The lowest BCUT2D eigenvalue weighted by atomic mass is 9.97. The second-order valence-electron chi connectivity index (χ2n) is 21.5. The van der Waals surface area contributed by atoms with E-state index >= 15 is 0 Å². The van der Waals surface area contributed by atoms with Crippen molar-refractivity contribution in [3.8, 4) is 0 Å². The highest BCUT2D eigenvalue weighted by Crippen LogP contribution is 2.30. The topological polar surface area (TPSA) is 228 Å². The maximum atomic E-state index is 13.3. The van der Waals surface area contributed by atoms with Gasteiger partial charge < -0.3 is 65.1 Å². The lowest BCUT2D eigenvalue weighted by molar-refractivity contribution is -0.359. The van der Waals surface area contributed by atoms with Crippen molar-refractivity contribution in [3.63, 3.8) is 0 Å². The lowest BCUT2D eigenvalue weighted by Crippen LogP contribution is -2.65. The third-order valence-corrected chi connectivity index (χ3v) is 15.1. The fourth-order valence-electron chi connectivity index (χ4n) is 10.2. The molecule has 2 saturated heterocycles. The van der Waals surface area contributed by atoms with E-state index in [9.17, 15) is 45.6 Å². The van der Waals surface area contributed by atoms with Gasteiger partial charge in [-0.1, -0.05) is 245 Å². The number of amides is 1. The van der Waals surface area contributed by atoms with Crippen LogP contribution in [-0.4, -0.2) is 140 Å². The smallest absolute Gasteiger partial charge is 0.220 e. The third-order valence-electron chi connectivity index (χ3n) is 15.1. The first kappa shape index (κ1) is 66.1.